The SMILES string of the molecule is O=C(CSc1ccccc1Cl)c1cncnc1. The molecule has 0 amide bonds. The Labute approximate surface area is 108 Å². The number of aromatic nitrogens is 2. The molecule has 2 aromatic rings. The van der Waals surface area contributed by atoms with Gasteiger partial charge in [-0.25, -0.2) is 9.97 Å². The van der Waals surface area contributed by atoms with Crippen LogP contribution in [0.15, 0.2) is 47.9 Å². The second-order valence-corrected chi connectivity index (χ2v) is 4.69. The van der Waals surface area contributed by atoms with Crippen LogP contribution in [0, 0.1) is 0 Å². The molecule has 1 heterocycles. The molecule has 0 saturated heterocycles. The van der Waals surface area contributed by atoms with E-state index in [9.17, 15) is 4.79 Å². The Morgan fingerprint density at radius 2 is 1.94 bits per heavy atom. The van der Waals surface area contributed by atoms with Crippen LogP contribution in [0.3, 0.4) is 0 Å². The Kier molecular flexibility index (Phi) is 4.12. The molecule has 0 fully saturated rings. The van der Waals surface area contributed by atoms with Gasteiger partial charge >= 0.3 is 0 Å². The molecule has 0 unspecified atom stereocenters. The largest absolute Gasteiger partial charge is 0.293 e. The quantitative estimate of drug-likeness (QED) is 0.629. The summed E-state index contributed by atoms with van der Waals surface area (Å²) in [7, 11) is 0. The summed E-state index contributed by atoms with van der Waals surface area (Å²) < 4.78 is 0. The van der Waals surface area contributed by atoms with Crippen molar-refractivity contribution in [1.82, 2.24) is 9.97 Å². The standard InChI is InChI=1S/C12H9ClN2OS/c13-10-3-1-2-4-12(10)17-7-11(16)9-5-14-8-15-6-9/h1-6,8H,7H2. The Morgan fingerprint density at radius 3 is 2.65 bits per heavy atom. The molecule has 0 bridgehead atoms. The summed E-state index contributed by atoms with van der Waals surface area (Å²) >= 11 is 7.41. The third-order valence-electron chi connectivity index (χ3n) is 2.08. The smallest absolute Gasteiger partial charge is 0.176 e. The summed E-state index contributed by atoms with van der Waals surface area (Å²) in [5.41, 5.74) is 0.520. The topological polar surface area (TPSA) is 42.9 Å². The van der Waals surface area contributed by atoms with E-state index in [1.54, 1.807) is 6.07 Å². The summed E-state index contributed by atoms with van der Waals surface area (Å²) in [5, 5.41) is 0.662. The van der Waals surface area contributed by atoms with Crippen LogP contribution >= 0.6 is 23.4 Å². The average molecular weight is 265 g/mol. The second-order valence-electron chi connectivity index (χ2n) is 3.27. The molecule has 2 rings (SSSR count). The van der Waals surface area contributed by atoms with Gasteiger partial charge in [-0.15, -0.1) is 11.8 Å². The molecule has 3 nitrogen and oxygen atoms in total. The van der Waals surface area contributed by atoms with Gasteiger partial charge in [-0.3, -0.25) is 4.79 Å². The molecular formula is C12H9ClN2OS. The van der Waals surface area contributed by atoms with Gasteiger partial charge in [0.1, 0.15) is 6.33 Å². The van der Waals surface area contributed by atoms with Crippen molar-refractivity contribution in [2.45, 2.75) is 4.90 Å². The third kappa shape index (κ3) is 3.28. The monoisotopic (exact) mass is 264 g/mol. The molecule has 0 spiro atoms. The maximum absolute atomic E-state index is 11.8. The van der Waals surface area contributed by atoms with Gasteiger partial charge in [0.2, 0.25) is 0 Å². The second kappa shape index (κ2) is 5.80. The molecule has 0 radical (unpaired) electrons. The molecule has 0 aliphatic heterocycles. The Morgan fingerprint density at radius 1 is 1.24 bits per heavy atom. The number of hydrogen-bond acceptors (Lipinski definition) is 4. The maximum atomic E-state index is 11.8. The van der Waals surface area contributed by atoms with E-state index in [-0.39, 0.29) is 5.78 Å². The highest BCUT2D eigenvalue weighted by atomic mass is 35.5. The molecular weight excluding hydrogens is 256 g/mol. The summed E-state index contributed by atoms with van der Waals surface area (Å²) in [5.74, 6) is 0.326. The van der Waals surface area contributed by atoms with Crippen molar-refractivity contribution in [3.8, 4) is 0 Å². The molecule has 17 heavy (non-hydrogen) atoms. The van der Waals surface area contributed by atoms with Crippen LogP contribution in [0.1, 0.15) is 10.4 Å². The zero-order chi connectivity index (χ0) is 12.1. The summed E-state index contributed by atoms with van der Waals surface area (Å²) in [6.45, 7) is 0. The van der Waals surface area contributed by atoms with E-state index >= 15 is 0 Å². The Hall–Kier alpha value is -1.39. The van der Waals surface area contributed by atoms with Crippen molar-refractivity contribution in [1.29, 1.82) is 0 Å². The molecule has 0 aliphatic carbocycles. The number of halogens is 1. The van der Waals surface area contributed by atoms with Crippen molar-refractivity contribution in [3.63, 3.8) is 0 Å². The fourth-order valence-electron chi connectivity index (χ4n) is 1.23. The number of rotatable bonds is 4. The van der Waals surface area contributed by atoms with Gasteiger partial charge in [-0.05, 0) is 12.1 Å². The normalized spacial score (nSPS) is 10.2. The van der Waals surface area contributed by atoms with Gasteiger partial charge in [0.15, 0.2) is 5.78 Å². The fraction of sp³-hybridized carbons (Fsp3) is 0.0833. The first-order valence-electron chi connectivity index (χ1n) is 4.93. The van der Waals surface area contributed by atoms with Gasteiger partial charge in [-0.2, -0.15) is 0 Å². The van der Waals surface area contributed by atoms with Crippen LogP contribution in [0.5, 0.6) is 0 Å². The van der Waals surface area contributed by atoms with Crippen LogP contribution in [-0.2, 0) is 0 Å². The maximum Gasteiger partial charge on any atom is 0.176 e. The molecule has 0 saturated carbocycles. The average Bonchev–Trinajstić information content (AvgIpc) is 2.38. The van der Waals surface area contributed by atoms with Crippen LogP contribution < -0.4 is 0 Å². The summed E-state index contributed by atoms with van der Waals surface area (Å²) in [4.78, 5) is 20.3. The zero-order valence-corrected chi connectivity index (χ0v) is 10.4. The fourth-order valence-corrected chi connectivity index (χ4v) is 2.36. The predicted octanol–water partition coefficient (Wildman–Crippen LogP) is 3.11. The summed E-state index contributed by atoms with van der Waals surface area (Å²) in [6, 6.07) is 7.45. The Bertz CT molecular complexity index is 519. The third-order valence-corrected chi connectivity index (χ3v) is 3.59. The van der Waals surface area contributed by atoms with Gasteiger partial charge in [0.05, 0.1) is 16.3 Å². The van der Waals surface area contributed by atoms with Crippen LogP contribution in [-0.4, -0.2) is 21.5 Å². The minimum Gasteiger partial charge on any atom is -0.293 e. The first-order chi connectivity index (χ1) is 8.27. The highest BCUT2D eigenvalue weighted by Gasteiger charge is 2.08. The molecule has 0 atom stereocenters. The number of ketones is 1. The van der Waals surface area contributed by atoms with E-state index < -0.39 is 0 Å². The lowest BCUT2D eigenvalue weighted by molar-refractivity contribution is 0.102. The first kappa shape index (κ1) is 12.1. The number of nitrogens with zero attached hydrogens (tertiary/aromatic N) is 2. The van der Waals surface area contributed by atoms with Crippen molar-refractivity contribution in [3.05, 3.63) is 53.6 Å². The van der Waals surface area contributed by atoms with E-state index in [0.717, 1.165) is 4.90 Å². The van der Waals surface area contributed by atoms with Gasteiger partial charge in [-0.1, -0.05) is 23.7 Å². The molecule has 0 aliphatic rings. The first-order valence-corrected chi connectivity index (χ1v) is 6.29. The van der Waals surface area contributed by atoms with E-state index in [2.05, 4.69) is 9.97 Å². The van der Waals surface area contributed by atoms with Crippen LogP contribution in [0.2, 0.25) is 5.02 Å². The van der Waals surface area contributed by atoms with E-state index in [1.807, 2.05) is 18.2 Å². The highest BCUT2D eigenvalue weighted by Crippen LogP contribution is 2.26. The van der Waals surface area contributed by atoms with E-state index in [4.69, 9.17) is 11.6 Å². The molecule has 86 valence electrons. The molecule has 1 aromatic heterocycles. The highest BCUT2D eigenvalue weighted by molar-refractivity contribution is 8.00. The minimum absolute atomic E-state index is 0.00415. The van der Waals surface area contributed by atoms with E-state index in [1.165, 1.54) is 30.5 Å². The molecule has 0 N–H and O–H groups in total. The molecule has 1 aromatic carbocycles. The van der Waals surface area contributed by atoms with Gasteiger partial charge < -0.3 is 0 Å². The van der Waals surface area contributed by atoms with E-state index in [0.29, 0.717) is 16.3 Å². The van der Waals surface area contributed by atoms with Crippen molar-refractivity contribution in [2.75, 3.05) is 5.75 Å². The number of thioether (sulfide) groups is 1. The molecule has 5 heteroatoms. The van der Waals surface area contributed by atoms with Crippen molar-refractivity contribution < 1.29 is 4.79 Å². The number of benzene rings is 1. The lowest BCUT2D eigenvalue weighted by Crippen LogP contribution is -2.03. The van der Waals surface area contributed by atoms with Gasteiger partial charge in [0, 0.05) is 17.3 Å². The number of Topliss-reactive ketones (excluding diaryl/α,β-unsaturated/α-hetero) is 1. The van der Waals surface area contributed by atoms with Crippen LogP contribution in [0.25, 0.3) is 0 Å². The number of carbonyl (C=O) groups excluding carboxylic acids is 1. The summed E-state index contributed by atoms with van der Waals surface area (Å²) in [6.07, 6.45) is 4.43. The van der Waals surface area contributed by atoms with Gasteiger partial charge in [0.25, 0.3) is 0 Å². The van der Waals surface area contributed by atoms with Crippen LogP contribution in [0.4, 0.5) is 0 Å². The van der Waals surface area contributed by atoms with Crippen molar-refractivity contribution >= 4 is 29.1 Å². The zero-order valence-electron chi connectivity index (χ0n) is 8.84. The Balaban J connectivity index is 2.00. The minimum atomic E-state index is -0.00415. The van der Waals surface area contributed by atoms with Crippen molar-refractivity contribution in [2.24, 2.45) is 0 Å². The lowest BCUT2D eigenvalue weighted by Gasteiger charge is -2.02. The number of carbonyl (C=O) groups is 1. The lowest BCUT2D eigenvalue weighted by atomic mass is 10.2. The predicted molar refractivity (Wildman–Crippen MR) is 68.5 cm³/mol. The number of hydrogen-bond donors (Lipinski definition) is 0.